The van der Waals surface area contributed by atoms with Gasteiger partial charge in [0.1, 0.15) is 0 Å². The SMILES string of the molecule is COC(=O)c1ccc(NCc2ccc(OC)nc2)c(C)c1. The molecule has 0 aliphatic heterocycles. The van der Waals surface area contributed by atoms with Crippen molar-refractivity contribution in [2.24, 2.45) is 0 Å². The number of nitrogens with one attached hydrogen (secondary N) is 1. The van der Waals surface area contributed by atoms with Crippen LogP contribution >= 0.6 is 0 Å². The van der Waals surface area contributed by atoms with Gasteiger partial charge in [-0.15, -0.1) is 0 Å². The number of anilines is 1. The minimum atomic E-state index is -0.330. The number of benzene rings is 1. The van der Waals surface area contributed by atoms with Crippen LogP contribution in [0.25, 0.3) is 0 Å². The minimum Gasteiger partial charge on any atom is -0.481 e. The predicted octanol–water partition coefficient (Wildman–Crippen LogP) is 2.80. The normalized spacial score (nSPS) is 10.0. The van der Waals surface area contributed by atoms with Crippen LogP contribution < -0.4 is 10.1 Å². The standard InChI is InChI=1S/C16H18N2O3/c1-11-8-13(16(19)21-3)5-6-14(11)17-9-12-4-7-15(20-2)18-10-12/h4-8,10,17H,9H2,1-3H3. The fraction of sp³-hybridized carbons (Fsp3) is 0.250. The van der Waals surface area contributed by atoms with Gasteiger partial charge in [-0.05, 0) is 36.2 Å². The highest BCUT2D eigenvalue weighted by Gasteiger charge is 2.07. The molecule has 0 fully saturated rings. The maximum atomic E-state index is 11.5. The number of carbonyl (C=O) groups is 1. The lowest BCUT2D eigenvalue weighted by molar-refractivity contribution is 0.0600. The lowest BCUT2D eigenvalue weighted by atomic mass is 10.1. The second-order valence-corrected chi connectivity index (χ2v) is 4.58. The highest BCUT2D eigenvalue weighted by Crippen LogP contribution is 2.18. The molecule has 2 rings (SSSR count). The maximum absolute atomic E-state index is 11.5. The van der Waals surface area contributed by atoms with Crippen molar-refractivity contribution in [1.82, 2.24) is 4.98 Å². The van der Waals surface area contributed by atoms with E-state index in [-0.39, 0.29) is 5.97 Å². The molecule has 0 unspecified atom stereocenters. The van der Waals surface area contributed by atoms with Gasteiger partial charge in [-0.25, -0.2) is 9.78 Å². The van der Waals surface area contributed by atoms with Crippen LogP contribution in [-0.2, 0) is 11.3 Å². The van der Waals surface area contributed by atoms with Crippen molar-refractivity contribution >= 4 is 11.7 Å². The molecule has 0 spiro atoms. The van der Waals surface area contributed by atoms with Crippen molar-refractivity contribution in [3.05, 3.63) is 53.2 Å². The molecule has 1 N–H and O–H groups in total. The Morgan fingerprint density at radius 2 is 2.05 bits per heavy atom. The van der Waals surface area contributed by atoms with E-state index < -0.39 is 0 Å². The third-order valence-electron chi connectivity index (χ3n) is 3.14. The van der Waals surface area contributed by atoms with E-state index in [2.05, 4.69) is 10.3 Å². The molecular formula is C16H18N2O3. The van der Waals surface area contributed by atoms with Gasteiger partial charge in [0.2, 0.25) is 5.88 Å². The van der Waals surface area contributed by atoms with Crippen LogP contribution in [0, 0.1) is 6.92 Å². The molecule has 0 saturated carbocycles. The smallest absolute Gasteiger partial charge is 0.337 e. The molecule has 0 atom stereocenters. The number of nitrogens with zero attached hydrogens (tertiary/aromatic N) is 1. The number of pyridine rings is 1. The van der Waals surface area contributed by atoms with Gasteiger partial charge < -0.3 is 14.8 Å². The zero-order chi connectivity index (χ0) is 15.2. The van der Waals surface area contributed by atoms with Gasteiger partial charge in [-0.1, -0.05) is 6.07 Å². The number of methoxy groups -OCH3 is 2. The summed E-state index contributed by atoms with van der Waals surface area (Å²) < 4.78 is 9.72. The molecule has 5 heteroatoms. The van der Waals surface area contributed by atoms with Crippen LogP contribution in [0.1, 0.15) is 21.5 Å². The van der Waals surface area contributed by atoms with Gasteiger partial charge >= 0.3 is 5.97 Å². The third-order valence-corrected chi connectivity index (χ3v) is 3.14. The molecule has 2 aromatic rings. The van der Waals surface area contributed by atoms with Crippen molar-refractivity contribution in [1.29, 1.82) is 0 Å². The second kappa shape index (κ2) is 6.74. The summed E-state index contributed by atoms with van der Waals surface area (Å²) in [4.78, 5) is 15.6. The lowest BCUT2D eigenvalue weighted by Crippen LogP contribution is -2.05. The summed E-state index contributed by atoms with van der Waals surface area (Å²) in [7, 11) is 2.97. The monoisotopic (exact) mass is 286 g/mol. The first-order valence-corrected chi connectivity index (χ1v) is 6.56. The van der Waals surface area contributed by atoms with E-state index in [4.69, 9.17) is 9.47 Å². The molecule has 21 heavy (non-hydrogen) atoms. The van der Waals surface area contributed by atoms with E-state index in [0.29, 0.717) is 18.0 Å². The average molecular weight is 286 g/mol. The number of aromatic nitrogens is 1. The van der Waals surface area contributed by atoms with E-state index in [1.807, 2.05) is 25.1 Å². The zero-order valence-corrected chi connectivity index (χ0v) is 12.3. The van der Waals surface area contributed by atoms with E-state index in [1.54, 1.807) is 25.4 Å². The Labute approximate surface area is 123 Å². The molecule has 5 nitrogen and oxygen atoms in total. The summed E-state index contributed by atoms with van der Waals surface area (Å²) in [5.41, 5.74) is 3.55. The molecule has 0 aliphatic carbocycles. The summed E-state index contributed by atoms with van der Waals surface area (Å²) in [6, 6.07) is 9.20. The van der Waals surface area contributed by atoms with Gasteiger partial charge in [0.15, 0.2) is 0 Å². The number of ether oxygens (including phenoxy) is 2. The van der Waals surface area contributed by atoms with Gasteiger partial charge in [0.05, 0.1) is 19.8 Å². The van der Waals surface area contributed by atoms with E-state index in [9.17, 15) is 4.79 Å². The summed E-state index contributed by atoms with van der Waals surface area (Å²) in [5, 5.41) is 3.32. The van der Waals surface area contributed by atoms with Gasteiger partial charge in [-0.2, -0.15) is 0 Å². The molecular weight excluding hydrogens is 268 g/mol. The number of aryl methyl sites for hydroxylation is 1. The lowest BCUT2D eigenvalue weighted by Gasteiger charge is -2.11. The summed E-state index contributed by atoms with van der Waals surface area (Å²) in [6.07, 6.45) is 1.77. The fourth-order valence-corrected chi connectivity index (χ4v) is 1.94. The first-order chi connectivity index (χ1) is 10.1. The predicted molar refractivity (Wildman–Crippen MR) is 80.6 cm³/mol. The van der Waals surface area contributed by atoms with Crippen LogP contribution in [0.5, 0.6) is 5.88 Å². The number of esters is 1. The Morgan fingerprint density at radius 3 is 2.62 bits per heavy atom. The first-order valence-electron chi connectivity index (χ1n) is 6.56. The molecule has 110 valence electrons. The van der Waals surface area contributed by atoms with Crippen molar-refractivity contribution in [3.8, 4) is 5.88 Å². The summed E-state index contributed by atoms with van der Waals surface area (Å²) >= 11 is 0. The molecule has 0 saturated heterocycles. The highest BCUT2D eigenvalue weighted by molar-refractivity contribution is 5.90. The number of carbonyl (C=O) groups excluding carboxylic acids is 1. The number of hydrogen-bond donors (Lipinski definition) is 1. The van der Waals surface area contributed by atoms with Crippen molar-refractivity contribution < 1.29 is 14.3 Å². The highest BCUT2D eigenvalue weighted by atomic mass is 16.5. The second-order valence-electron chi connectivity index (χ2n) is 4.58. The van der Waals surface area contributed by atoms with Gasteiger partial charge in [0.25, 0.3) is 0 Å². The zero-order valence-electron chi connectivity index (χ0n) is 12.3. The first kappa shape index (κ1) is 14.8. The molecule has 0 radical (unpaired) electrons. The summed E-state index contributed by atoms with van der Waals surface area (Å²) in [5.74, 6) is 0.265. The average Bonchev–Trinajstić information content (AvgIpc) is 2.53. The topological polar surface area (TPSA) is 60.5 Å². The Kier molecular flexibility index (Phi) is 4.77. The van der Waals surface area contributed by atoms with E-state index in [1.165, 1.54) is 7.11 Å². The van der Waals surface area contributed by atoms with Crippen LogP contribution in [0.3, 0.4) is 0 Å². The Morgan fingerprint density at radius 1 is 1.24 bits per heavy atom. The Hall–Kier alpha value is -2.56. The molecule has 0 amide bonds. The molecule has 1 heterocycles. The molecule has 0 bridgehead atoms. The Balaban J connectivity index is 2.04. The van der Waals surface area contributed by atoms with Crippen LogP contribution in [0.15, 0.2) is 36.5 Å². The number of rotatable bonds is 5. The van der Waals surface area contributed by atoms with Crippen LogP contribution in [-0.4, -0.2) is 25.2 Å². The molecule has 1 aromatic heterocycles. The van der Waals surface area contributed by atoms with Crippen LogP contribution in [0.4, 0.5) is 5.69 Å². The largest absolute Gasteiger partial charge is 0.481 e. The number of hydrogen-bond acceptors (Lipinski definition) is 5. The van der Waals surface area contributed by atoms with Crippen molar-refractivity contribution in [2.75, 3.05) is 19.5 Å². The van der Waals surface area contributed by atoms with Gasteiger partial charge in [-0.3, -0.25) is 0 Å². The molecule has 1 aromatic carbocycles. The summed E-state index contributed by atoms with van der Waals surface area (Å²) in [6.45, 7) is 2.59. The fourth-order valence-electron chi connectivity index (χ4n) is 1.94. The minimum absolute atomic E-state index is 0.330. The molecule has 0 aliphatic rings. The third kappa shape index (κ3) is 3.72. The van der Waals surface area contributed by atoms with Gasteiger partial charge in [0, 0.05) is 24.5 Å². The van der Waals surface area contributed by atoms with Crippen molar-refractivity contribution in [3.63, 3.8) is 0 Å². The Bertz CT molecular complexity index is 624. The van der Waals surface area contributed by atoms with Crippen molar-refractivity contribution in [2.45, 2.75) is 13.5 Å². The van der Waals surface area contributed by atoms with Crippen LogP contribution in [0.2, 0.25) is 0 Å². The quantitative estimate of drug-likeness (QED) is 0.856. The van der Waals surface area contributed by atoms with E-state index >= 15 is 0 Å². The van der Waals surface area contributed by atoms with E-state index in [0.717, 1.165) is 16.8 Å². The maximum Gasteiger partial charge on any atom is 0.337 e.